The third kappa shape index (κ3) is 2.41. The van der Waals surface area contributed by atoms with Crippen molar-refractivity contribution in [2.24, 2.45) is 5.92 Å². The summed E-state index contributed by atoms with van der Waals surface area (Å²) in [5.74, 6) is 0.550. The molecule has 0 unspecified atom stereocenters. The molecule has 84 valence electrons. The first kappa shape index (κ1) is 11.1. The number of allylic oxidation sites excluding steroid dienone is 1. The van der Waals surface area contributed by atoms with Crippen LogP contribution in [0.2, 0.25) is 0 Å². The zero-order chi connectivity index (χ0) is 11.4. The van der Waals surface area contributed by atoms with E-state index >= 15 is 0 Å². The van der Waals surface area contributed by atoms with Crippen LogP contribution in [0.3, 0.4) is 0 Å². The molecule has 1 heteroatoms. The molecule has 0 bridgehead atoms. The normalized spacial score (nSPS) is 17.0. The summed E-state index contributed by atoms with van der Waals surface area (Å²) in [5.41, 5.74) is 1.59. The van der Waals surface area contributed by atoms with E-state index in [2.05, 4.69) is 6.58 Å². The monoisotopic (exact) mass is 214 g/mol. The largest absolute Gasteiger partial charge is 0.289 e. The summed E-state index contributed by atoms with van der Waals surface area (Å²) in [6.45, 7) is 4.01. The van der Waals surface area contributed by atoms with Gasteiger partial charge in [-0.2, -0.15) is 0 Å². The number of hydrogen-bond donors (Lipinski definition) is 0. The Balaban J connectivity index is 2.07. The van der Waals surface area contributed by atoms with Crippen LogP contribution >= 0.6 is 0 Å². The lowest BCUT2D eigenvalue weighted by Crippen LogP contribution is -2.15. The Bertz CT molecular complexity index is 372. The van der Waals surface area contributed by atoms with Gasteiger partial charge in [0.1, 0.15) is 0 Å². The SMILES string of the molecule is C=C(C(=O)c1ccccc1)C1CCCCC1. The van der Waals surface area contributed by atoms with Gasteiger partial charge in [-0.1, -0.05) is 56.2 Å². The van der Waals surface area contributed by atoms with Gasteiger partial charge in [-0.25, -0.2) is 0 Å². The number of carbonyl (C=O) groups excluding carboxylic acids is 1. The molecule has 0 N–H and O–H groups in total. The minimum atomic E-state index is 0.132. The predicted octanol–water partition coefficient (Wildman–Crippen LogP) is 4.01. The highest BCUT2D eigenvalue weighted by molar-refractivity contribution is 6.08. The second kappa shape index (κ2) is 5.11. The number of Topliss-reactive ketones (excluding diaryl/α,β-unsaturated/α-hetero) is 1. The fraction of sp³-hybridized carbons (Fsp3) is 0.400. The standard InChI is InChI=1S/C15H18O/c1-12(13-8-4-2-5-9-13)15(16)14-10-6-3-7-11-14/h3,6-7,10-11,13H,1-2,4-5,8-9H2. The molecule has 0 aliphatic heterocycles. The Morgan fingerprint density at radius 3 is 2.31 bits per heavy atom. The Morgan fingerprint density at radius 1 is 1.06 bits per heavy atom. The summed E-state index contributed by atoms with van der Waals surface area (Å²) in [5, 5.41) is 0. The lowest BCUT2D eigenvalue weighted by Gasteiger charge is -2.22. The van der Waals surface area contributed by atoms with Crippen LogP contribution in [0, 0.1) is 5.92 Å². The topological polar surface area (TPSA) is 17.1 Å². The molecule has 1 aliphatic carbocycles. The summed E-state index contributed by atoms with van der Waals surface area (Å²) >= 11 is 0. The maximum Gasteiger partial charge on any atom is 0.188 e. The highest BCUT2D eigenvalue weighted by atomic mass is 16.1. The molecule has 0 radical (unpaired) electrons. The number of carbonyl (C=O) groups is 1. The van der Waals surface area contributed by atoms with Gasteiger partial charge in [0, 0.05) is 5.56 Å². The van der Waals surface area contributed by atoms with Crippen molar-refractivity contribution in [3.63, 3.8) is 0 Å². The molecular weight excluding hydrogens is 196 g/mol. The van der Waals surface area contributed by atoms with E-state index in [1.165, 1.54) is 19.3 Å². The summed E-state index contributed by atoms with van der Waals surface area (Å²) in [6.07, 6.45) is 6.07. The van der Waals surface area contributed by atoms with Gasteiger partial charge in [-0.05, 0) is 24.3 Å². The summed E-state index contributed by atoms with van der Waals surface area (Å²) in [4.78, 5) is 12.1. The number of benzene rings is 1. The average molecular weight is 214 g/mol. The van der Waals surface area contributed by atoms with E-state index in [1.807, 2.05) is 30.3 Å². The molecule has 0 saturated heterocycles. The van der Waals surface area contributed by atoms with Crippen LogP contribution in [-0.2, 0) is 0 Å². The van der Waals surface area contributed by atoms with Crippen LogP contribution in [0.5, 0.6) is 0 Å². The molecule has 1 aromatic rings. The van der Waals surface area contributed by atoms with Gasteiger partial charge in [-0.15, -0.1) is 0 Å². The first-order chi connectivity index (χ1) is 7.79. The van der Waals surface area contributed by atoms with Crippen LogP contribution in [0.15, 0.2) is 42.5 Å². The Labute approximate surface area is 97.2 Å². The zero-order valence-corrected chi connectivity index (χ0v) is 9.61. The van der Waals surface area contributed by atoms with Crippen LogP contribution in [0.1, 0.15) is 42.5 Å². The van der Waals surface area contributed by atoms with Crippen LogP contribution in [0.25, 0.3) is 0 Å². The number of hydrogen-bond acceptors (Lipinski definition) is 1. The minimum absolute atomic E-state index is 0.132. The van der Waals surface area contributed by atoms with Crippen molar-refractivity contribution in [2.75, 3.05) is 0 Å². The smallest absolute Gasteiger partial charge is 0.188 e. The summed E-state index contributed by atoms with van der Waals surface area (Å²) in [6, 6.07) is 9.48. The molecule has 0 spiro atoms. The zero-order valence-electron chi connectivity index (χ0n) is 9.61. The molecular formula is C15H18O. The molecule has 1 saturated carbocycles. The second-order valence-corrected chi connectivity index (χ2v) is 4.56. The maximum atomic E-state index is 12.1. The Hall–Kier alpha value is -1.37. The number of rotatable bonds is 3. The van der Waals surface area contributed by atoms with E-state index in [4.69, 9.17) is 0 Å². The van der Waals surface area contributed by atoms with Crippen LogP contribution in [0.4, 0.5) is 0 Å². The summed E-state index contributed by atoms with van der Waals surface area (Å²) in [7, 11) is 0. The third-order valence-corrected chi connectivity index (χ3v) is 3.43. The molecule has 0 aromatic heterocycles. The van der Waals surface area contributed by atoms with Gasteiger partial charge in [-0.3, -0.25) is 4.79 Å². The maximum absolute atomic E-state index is 12.1. The van der Waals surface area contributed by atoms with Crippen molar-refractivity contribution in [1.82, 2.24) is 0 Å². The van der Waals surface area contributed by atoms with Crippen molar-refractivity contribution < 1.29 is 4.79 Å². The minimum Gasteiger partial charge on any atom is -0.289 e. The third-order valence-electron chi connectivity index (χ3n) is 3.43. The molecule has 0 amide bonds. The molecule has 1 nitrogen and oxygen atoms in total. The van der Waals surface area contributed by atoms with Gasteiger partial charge < -0.3 is 0 Å². The van der Waals surface area contributed by atoms with Gasteiger partial charge in [0.2, 0.25) is 0 Å². The molecule has 0 heterocycles. The highest BCUT2D eigenvalue weighted by Gasteiger charge is 2.21. The van der Waals surface area contributed by atoms with E-state index in [0.29, 0.717) is 5.92 Å². The van der Waals surface area contributed by atoms with E-state index < -0.39 is 0 Å². The van der Waals surface area contributed by atoms with Gasteiger partial charge in [0.25, 0.3) is 0 Å². The molecule has 2 rings (SSSR count). The van der Waals surface area contributed by atoms with Crippen LogP contribution < -0.4 is 0 Å². The first-order valence-corrected chi connectivity index (χ1v) is 6.07. The highest BCUT2D eigenvalue weighted by Crippen LogP contribution is 2.30. The fourth-order valence-electron chi connectivity index (χ4n) is 2.41. The Kier molecular flexibility index (Phi) is 3.55. The fourth-order valence-corrected chi connectivity index (χ4v) is 2.41. The van der Waals surface area contributed by atoms with E-state index in [9.17, 15) is 4.79 Å². The van der Waals surface area contributed by atoms with E-state index in [1.54, 1.807) is 0 Å². The molecule has 1 fully saturated rings. The molecule has 1 aromatic carbocycles. The van der Waals surface area contributed by atoms with E-state index in [-0.39, 0.29) is 5.78 Å². The first-order valence-electron chi connectivity index (χ1n) is 6.07. The van der Waals surface area contributed by atoms with Crippen molar-refractivity contribution in [2.45, 2.75) is 32.1 Å². The van der Waals surface area contributed by atoms with Crippen molar-refractivity contribution in [3.05, 3.63) is 48.0 Å². The number of ketones is 1. The second-order valence-electron chi connectivity index (χ2n) is 4.56. The van der Waals surface area contributed by atoms with E-state index in [0.717, 1.165) is 24.0 Å². The molecule has 1 aliphatic rings. The van der Waals surface area contributed by atoms with Crippen LogP contribution in [-0.4, -0.2) is 5.78 Å². The quantitative estimate of drug-likeness (QED) is 0.549. The molecule has 16 heavy (non-hydrogen) atoms. The average Bonchev–Trinajstić information content (AvgIpc) is 2.39. The predicted molar refractivity (Wildman–Crippen MR) is 66.5 cm³/mol. The lowest BCUT2D eigenvalue weighted by atomic mass is 9.82. The van der Waals surface area contributed by atoms with Gasteiger partial charge in [0.15, 0.2) is 5.78 Å². The Morgan fingerprint density at radius 2 is 1.69 bits per heavy atom. The van der Waals surface area contributed by atoms with Gasteiger partial charge >= 0.3 is 0 Å². The van der Waals surface area contributed by atoms with Gasteiger partial charge in [0.05, 0.1) is 0 Å². The van der Waals surface area contributed by atoms with Crippen molar-refractivity contribution in [1.29, 1.82) is 0 Å². The van der Waals surface area contributed by atoms with Crippen molar-refractivity contribution in [3.8, 4) is 0 Å². The van der Waals surface area contributed by atoms with Crippen molar-refractivity contribution >= 4 is 5.78 Å². The summed E-state index contributed by atoms with van der Waals surface area (Å²) < 4.78 is 0. The molecule has 0 atom stereocenters. The lowest BCUT2D eigenvalue weighted by molar-refractivity contribution is 0.101.